The second-order valence-corrected chi connectivity index (χ2v) is 8.72. The van der Waals surface area contributed by atoms with Crippen molar-refractivity contribution in [2.24, 2.45) is 0 Å². The van der Waals surface area contributed by atoms with Crippen LogP contribution in [0.4, 0.5) is 5.69 Å². The third-order valence-corrected chi connectivity index (χ3v) is 6.12. The highest BCUT2D eigenvalue weighted by molar-refractivity contribution is 7.92. The van der Waals surface area contributed by atoms with Crippen molar-refractivity contribution in [2.75, 3.05) is 26.1 Å². The molecule has 0 atom stereocenters. The maximum Gasteiger partial charge on any atom is 0.338 e. The van der Waals surface area contributed by atoms with Crippen LogP contribution in [0.5, 0.6) is 17.2 Å². The van der Waals surface area contributed by atoms with Crippen LogP contribution >= 0.6 is 11.6 Å². The number of halogens is 1. The molecule has 0 spiro atoms. The number of aryl methyl sites for hydroxylation is 1. The van der Waals surface area contributed by atoms with E-state index in [2.05, 4.69) is 9.88 Å². The van der Waals surface area contributed by atoms with Crippen molar-refractivity contribution < 1.29 is 36.7 Å². The molecule has 2 aromatic carbocycles. The van der Waals surface area contributed by atoms with Gasteiger partial charge < -0.3 is 23.5 Å². The van der Waals surface area contributed by atoms with E-state index in [4.69, 9.17) is 35.1 Å². The van der Waals surface area contributed by atoms with Crippen molar-refractivity contribution in [3.05, 3.63) is 58.4 Å². The first kappa shape index (κ1) is 24.2. The van der Waals surface area contributed by atoms with Crippen molar-refractivity contribution in [1.29, 1.82) is 0 Å². The van der Waals surface area contributed by atoms with Crippen LogP contribution in [0, 0.1) is 6.92 Å². The number of carbonyl (C=O) groups is 1. The van der Waals surface area contributed by atoms with Gasteiger partial charge in [-0.3, -0.25) is 4.72 Å². The number of hydrogen-bond acceptors (Lipinski definition) is 9. The minimum atomic E-state index is -4.23. The molecule has 0 saturated heterocycles. The highest BCUT2D eigenvalue weighted by Gasteiger charge is 2.24. The van der Waals surface area contributed by atoms with Crippen LogP contribution in [-0.4, -0.2) is 40.9 Å². The normalized spacial score (nSPS) is 11.1. The summed E-state index contributed by atoms with van der Waals surface area (Å²) in [5, 5.41) is 3.91. The quantitative estimate of drug-likeness (QED) is 0.440. The van der Waals surface area contributed by atoms with Crippen molar-refractivity contribution in [3.8, 4) is 17.2 Å². The van der Waals surface area contributed by atoms with Gasteiger partial charge in [-0.25, -0.2) is 13.2 Å². The Morgan fingerprint density at radius 2 is 1.73 bits per heavy atom. The maximum absolute atomic E-state index is 13.2. The van der Waals surface area contributed by atoms with Crippen molar-refractivity contribution in [2.45, 2.75) is 18.4 Å². The number of esters is 1. The number of rotatable bonds is 9. The van der Waals surface area contributed by atoms with Gasteiger partial charge in [0.15, 0.2) is 0 Å². The molecule has 10 nitrogen and oxygen atoms in total. The fourth-order valence-corrected chi connectivity index (χ4v) is 4.36. The zero-order chi connectivity index (χ0) is 24.2. The summed E-state index contributed by atoms with van der Waals surface area (Å²) in [6.45, 7) is 1.57. The van der Waals surface area contributed by atoms with Crippen LogP contribution in [0.1, 0.15) is 21.8 Å². The summed E-state index contributed by atoms with van der Waals surface area (Å²) < 4.78 is 54.4. The standard InChI is InChI=1S/C21H21ClN2O8S/c1-12-7-14(23-32-12)11-31-21(25)13-5-6-17(28-2)20(8-13)33(26,27)24-16-9-15(22)18(29-3)10-19(16)30-4/h5-10,24H,11H2,1-4H3. The molecule has 0 radical (unpaired) electrons. The van der Waals surface area contributed by atoms with Gasteiger partial charge >= 0.3 is 5.97 Å². The summed E-state index contributed by atoms with van der Waals surface area (Å²) in [6, 6.07) is 8.30. The van der Waals surface area contributed by atoms with E-state index in [1.807, 2.05) is 0 Å². The molecule has 0 aliphatic heterocycles. The number of ether oxygens (including phenoxy) is 4. The zero-order valence-corrected chi connectivity index (χ0v) is 19.7. The molecule has 12 heteroatoms. The van der Waals surface area contributed by atoms with Gasteiger partial charge in [0.1, 0.15) is 40.2 Å². The summed E-state index contributed by atoms with van der Waals surface area (Å²) in [5.41, 5.74) is 0.489. The van der Waals surface area contributed by atoms with Crippen LogP contribution in [0.2, 0.25) is 5.02 Å². The lowest BCUT2D eigenvalue weighted by Crippen LogP contribution is -2.16. The number of anilines is 1. The van der Waals surface area contributed by atoms with Crippen molar-refractivity contribution in [3.63, 3.8) is 0 Å². The number of methoxy groups -OCH3 is 3. The second kappa shape index (κ2) is 10.0. The van der Waals surface area contributed by atoms with E-state index < -0.39 is 16.0 Å². The molecule has 1 heterocycles. The minimum Gasteiger partial charge on any atom is -0.495 e. The van der Waals surface area contributed by atoms with Gasteiger partial charge in [-0.15, -0.1) is 0 Å². The van der Waals surface area contributed by atoms with Gasteiger partial charge in [-0.1, -0.05) is 16.8 Å². The van der Waals surface area contributed by atoms with E-state index in [0.717, 1.165) is 6.07 Å². The smallest absolute Gasteiger partial charge is 0.338 e. The highest BCUT2D eigenvalue weighted by atomic mass is 35.5. The minimum absolute atomic E-state index is 0.00359. The van der Waals surface area contributed by atoms with Crippen LogP contribution in [0.3, 0.4) is 0 Å². The first-order valence-corrected chi connectivity index (χ1v) is 11.3. The summed E-state index contributed by atoms with van der Waals surface area (Å²) >= 11 is 6.13. The molecule has 0 aliphatic rings. The van der Waals surface area contributed by atoms with E-state index in [-0.39, 0.29) is 39.3 Å². The first-order chi connectivity index (χ1) is 15.7. The largest absolute Gasteiger partial charge is 0.495 e. The molecule has 0 saturated carbocycles. The van der Waals surface area contributed by atoms with Crippen molar-refractivity contribution >= 4 is 33.3 Å². The Balaban J connectivity index is 1.90. The molecular formula is C21H21ClN2O8S. The molecule has 176 valence electrons. The molecule has 0 bridgehead atoms. The van der Waals surface area contributed by atoms with Gasteiger partial charge in [0.05, 0.1) is 37.6 Å². The molecule has 0 fully saturated rings. The number of sulfonamides is 1. The van der Waals surface area contributed by atoms with E-state index >= 15 is 0 Å². The Morgan fingerprint density at radius 1 is 1.03 bits per heavy atom. The van der Waals surface area contributed by atoms with Crippen LogP contribution in [0.25, 0.3) is 0 Å². The Labute approximate surface area is 195 Å². The molecular weight excluding hydrogens is 476 g/mol. The second-order valence-electron chi connectivity index (χ2n) is 6.66. The fourth-order valence-electron chi connectivity index (χ4n) is 2.86. The molecule has 0 unspecified atom stereocenters. The molecule has 0 aliphatic carbocycles. The molecule has 0 amide bonds. The predicted octanol–water partition coefficient (Wildman–Crippen LogP) is 3.82. The van der Waals surface area contributed by atoms with E-state index in [1.54, 1.807) is 13.0 Å². The molecule has 3 aromatic rings. The van der Waals surface area contributed by atoms with Gasteiger partial charge in [0, 0.05) is 12.1 Å². The number of hydrogen-bond donors (Lipinski definition) is 1. The summed E-state index contributed by atoms with van der Waals surface area (Å²) in [5.74, 6) is 0.321. The topological polar surface area (TPSA) is 126 Å². The van der Waals surface area contributed by atoms with Crippen LogP contribution in [0.15, 0.2) is 45.8 Å². The van der Waals surface area contributed by atoms with Gasteiger partial charge in [-0.05, 0) is 31.2 Å². The lowest BCUT2D eigenvalue weighted by Gasteiger charge is -2.16. The van der Waals surface area contributed by atoms with E-state index in [0.29, 0.717) is 17.2 Å². The average Bonchev–Trinajstić information content (AvgIpc) is 3.22. The fraction of sp³-hybridized carbons (Fsp3) is 0.238. The monoisotopic (exact) mass is 496 g/mol. The van der Waals surface area contributed by atoms with E-state index in [1.165, 1.54) is 45.6 Å². The third kappa shape index (κ3) is 5.49. The summed E-state index contributed by atoms with van der Waals surface area (Å²) in [6.07, 6.45) is 0. The van der Waals surface area contributed by atoms with Crippen molar-refractivity contribution in [1.82, 2.24) is 5.16 Å². The predicted molar refractivity (Wildman–Crippen MR) is 119 cm³/mol. The SMILES string of the molecule is COc1cc(OC)c(NS(=O)(=O)c2cc(C(=O)OCc3cc(C)on3)ccc2OC)cc1Cl. The van der Waals surface area contributed by atoms with Gasteiger partial charge in [0.25, 0.3) is 10.0 Å². The zero-order valence-electron chi connectivity index (χ0n) is 18.2. The molecule has 3 rings (SSSR count). The lowest BCUT2D eigenvalue weighted by atomic mass is 10.2. The molecule has 1 aromatic heterocycles. The Hall–Kier alpha value is -3.44. The molecule has 1 N–H and O–H groups in total. The Kier molecular flexibility index (Phi) is 7.34. The average molecular weight is 497 g/mol. The van der Waals surface area contributed by atoms with Gasteiger partial charge in [-0.2, -0.15) is 0 Å². The molecule has 33 heavy (non-hydrogen) atoms. The highest BCUT2D eigenvalue weighted by Crippen LogP contribution is 2.37. The summed E-state index contributed by atoms with van der Waals surface area (Å²) in [4.78, 5) is 12.2. The van der Waals surface area contributed by atoms with E-state index in [9.17, 15) is 13.2 Å². The maximum atomic E-state index is 13.2. The lowest BCUT2D eigenvalue weighted by molar-refractivity contribution is 0.0464. The van der Waals surface area contributed by atoms with Crippen LogP contribution in [-0.2, 0) is 21.4 Å². The number of nitrogens with one attached hydrogen (secondary N) is 1. The number of aromatic nitrogens is 1. The number of nitrogens with zero attached hydrogens (tertiary/aromatic N) is 1. The number of benzene rings is 2. The van der Waals surface area contributed by atoms with Gasteiger partial charge in [0.2, 0.25) is 0 Å². The Bertz CT molecular complexity index is 1270. The first-order valence-electron chi connectivity index (χ1n) is 9.40. The third-order valence-electron chi connectivity index (χ3n) is 4.44. The Morgan fingerprint density at radius 3 is 2.33 bits per heavy atom. The number of carbonyl (C=O) groups excluding carboxylic acids is 1. The van der Waals surface area contributed by atoms with Crippen LogP contribution < -0.4 is 18.9 Å². The summed E-state index contributed by atoms with van der Waals surface area (Å²) in [7, 11) is -0.135.